The summed E-state index contributed by atoms with van der Waals surface area (Å²) in [5.41, 5.74) is 0.845. The Morgan fingerprint density at radius 1 is 1.21 bits per heavy atom. The Balaban J connectivity index is 0.00000420. The molecule has 0 atom stereocenters. The smallest absolute Gasteiger partial charge is 0.387 e. The van der Waals surface area contributed by atoms with Crippen molar-refractivity contribution in [1.29, 1.82) is 0 Å². The molecule has 0 aliphatic heterocycles. The van der Waals surface area contributed by atoms with Gasteiger partial charge < -0.3 is 24.8 Å². The van der Waals surface area contributed by atoms with E-state index in [-0.39, 0.29) is 41.7 Å². The molecule has 2 N–H and O–H groups in total. The first kappa shape index (κ1) is 25.7. The molecule has 0 radical (unpaired) electrons. The lowest BCUT2D eigenvalue weighted by atomic mass is 10.0. The molecule has 1 aromatic carbocycles. The third-order valence-corrected chi connectivity index (χ3v) is 4.81. The third-order valence-electron chi connectivity index (χ3n) is 4.81. The standard InChI is InChI=1S/C20H31F2N3O3.HI/c1-4-26-12-11-20(9-10-20)14-25-19(23-3)24-13-15-7-6-8-16(27-5-2)17(15)28-18(21)22;/h6-8,18H,4-5,9-14H2,1-3H3,(H2,23,24,25);1H. The van der Waals surface area contributed by atoms with Crippen LogP contribution < -0.4 is 20.1 Å². The third kappa shape index (κ3) is 8.49. The van der Waals surface area contributed by atoms with Crippen LogP contribution in [0.4, 0.5) is 8.78 Å². The number of rotatable bonds is 12. The van der Waals surface area contributed by atoms with Crippen LogP contribution in [0.1, 0.15) is 38.7 Å². The van der Waals surface area contributed by atoms with E-state index in [1.807, 2.05) is 6.92 Å². The maximum absolute atomic E-state index is 12.8. The summed E-state index contributed by atoms with van der Waals surface area (Å²) in [6.07, 6.45) is 3.37. The van der Waals surface area contributed by atoms with Crippen molar-refractivity contribution in [3.05, 3.63) is 23.8 Å². The molecule has 1 aromatic rings. The van der Waals surface area contributed by atoms with Crippen molar-refractivity contribution in [3.63, 3.8) is 0 Å². The molecule has 0 spiro atoms. The normalized spacial score (nSPS) is 14.9. The van der Waals surface area contributed by atoms with Crippen LogP contribution in [-0.2, 0) is 11.3 Å². The van der Waals surface area contributed by atoms with Crippen molar-refractivity contribution in [2.45, 2.75) is 46.3 Å². The van der Waals surface area contributed by atoms with Gasteiger partial charge >= 0.3 is 6.61 Å². The highest BCUT2D eigenvalue weighted by Crippen LogP contribution is 2.48. The summed E-state index contributed by atoms with van der Waals surface area (Å²) < 4.78 is 41.2. The molecule has 1 aliphatic rings. The first-order valence-corrected chi connectivity index (χ1v) is 9.75. The fourth-order valence-corrected chi connectivity index (χ4v) is 2.99. The van der Waals surface area contributed by atoms with Crippen LogP contribution in [0.2, 0.25) is 0 Å². The van der Waals surface area contributed by atoms with Crippen molar-refractivity contribution >= 4 is 29.9 Å². The molecule has 0 saturated heterocycles. The maximum Gasteiger partial charge on any atom is 0.387 e. The van der Waals surface area contributed by atoms with Crippen LogP contribution in [-0.4, -0.2) is 46.0 Å². The van der Waals surface area contributed by atoms with Gasteiger partial charge in [0.1, 0.15) is 0 Å². The topological polar surface area (TPSA) is 64.1 Å². The largest absolute Gasteiger partial charge is 0.490 e. The Hall–Kier alpha value is -1.36. The van der Waals surface area contributed by atoms with E-state index in [0.29, 0.717) is 23.9 Å². The van der Waals surface area contributed by atoms with E-state index >= 15 is 0 Å². The van der Waals surface area contributed by atoms with Crippen LogP contribution in [0.3, 0.4) is 0 Å². The van der Waals surface area contributed by atoms with Gasteiger partial charge in [0.25, 0.3) is 0 Å². The minimum absolute atomic E-state index is 0. The van der Waals surface area contributed by atoms with Gasteiger partial charge in [0.2, 0.25) is 0 Å². The van der Waals surface area contributed by atoms with Crippen molar-refractivity contribution in [2.24, 2.45) is 10.4 Å². The fraction of sp³-hybridized carbons (Fsp3) is 0.650. The molecule has 0 heterocycles. The highest BCUT2D eigenvalue weighted by molar-refractivity contribution is 14.0. The second-order valence-electron chi connectivity index (χ2n) is 6.78. The molecule has 29 heavy (non-hydrogen) atoms. The van der Waals surface area contributed by atoms with E-state index in [2.05, 4.69) is 15.6 Å². The lowest BCUT2D eigenvalue weighted by Gasteiger charge is -2.20. The molecule has 0 aromatic heterocycles. The minimum atomic E-state index is -2.92. The van der Waals surface area contributed by atoms with Gasteiger partial charge in [-0.05, 0) is 44.6 Å². The molecule has 0 bridgehead atoms. The van der Waals surface area contributed by atoms with Gasteiger partial charge in [-0.1, -0.05) is 12.1 Å². The Morgan fingerprint density at radius 2 is 1.97 bits per heavy atom. The number of aliphatic imine (C=N–C) groups is 1. The van der Waals surface area contributed by atoms with Crippen LogP contribution >= 0.6 is 24.0 Å². The van der Waals surface area contributed by atoms with E-state index in [0.717, 1.165) is 26.2 Å². The molecule has 1 saturated carbocycles. The van der Waals surface area contributed by atoms with E-state index in [1.54, 1.807) is 32.2 Å². The molecular weight excluding hydrogens is 495 g/mol. The number of alkyl halides is 2. The van der Waals surface area contributed by atoms with E-state index in [4.69, 9.17) is 14.2 Å². The first-order valence-electron chi connectivity index (χ1n) is 9.75. The summed E-state index contributed by atoms with van der Waals surface area (Å²) in [4.78, 5) is 4.22. The summed E-state index contributed by atoms with van der Waals surface area (Å²) in [5, 5.41) is 6.50. The summed E-state index contributed by atoms with van der Waals surface area (Å²) in [6, 6.07) is 5.10. The lowest BCUT2D eigenvalue weighted by molar-refractivity contribution is -0.0520. The zero-order valence-electron chi connectivity index (χ0n) is 17.3. The number of benzene rings is 1. The van der Waals surface area contributed by atoms with Gasteiger partial charge in [-0.3, -0.25) is 4.99 Å². The van der Waals surface area contributed by atoms with Gasteiger partial charge in [-0.25, -0.2) is 0 Å². The van der Waals surface area contributed by atoms with E-state index in [1.165, 1.54) is 12.8 Å². The van der Waals surface area contributed by atoms with E-state index < -0.39 is 6.61 Å². The average Bonchev–Trinajstić information content (AvgIpc) is 3.44. The number of guanidine groups is 1. The predicted octanol–water partition coefficient (Wildman–Crippen LogP) is 4.18. The second-order valence-corrected chi connectivity index (χ2v) is 6.78. The highest BCUT2D eigenvalue weighted by atomic mass is 127. The van der Waals surface area contributed by atoms with Gasteiger partial charge in [-0.15, -0.1) is 24.0 Å². The minimum Gasteiger partial charge on any atom is -0.490 e. The molecule has 9 heteroatoms. The predicted molar refractivity (Wildman–Crippen MR) is 121 cm³/mol. The molecule has 1 fully saturated rings. The molecular formula is C20H32F2IN3O3. The monoisotopic (exact) mass is 527 g/mol. The SMILES string of the molecule is CCOCCC1(CNC(=NC)NCc2cccc(OCC)c2OC(F)F)CC1.I. The van der Waals surface area contributed by atoms with Gasteiger partial charge in [0.05, 0.1) is 6.61 Å². The van der Waals surface area contributed by atoms with E-state index in [9.17, 15) is 8.78 Å². The van der Waals surface area contributed by atoms with Crippen molar-refractivity contribution in [1.82, 2.24) is 10.6 Å². The molecule has 6 nitrogen and oxygen atoms in total. The van der Waals surface area contributed by atoms with Gasteiger partial charge in [-0.2, -0.15) is 8.78 Å². The Morgan fingerprint density at radius 3 is 2.55 bits per heavy atom. The number of nitrogens with zero attached hydrogens (tertiary/aromatic N) is 1. The number of nitrogens with one attached hydrogen (secondary N) is 2. The van der Waals surface area contributed by atoms with Gasteiger partial charge in [0, 0.05) is 38.9 Å². The first-order chi connectivity index (χ1) is 13.5. The molecule has 166 valence electrons. The zero-order valence-corrected chi connectivity index (χ0v) is 19.6. The molecule has 1 aliphatic carbocycles. The molecule has 2 rings (SSSR count). The lowest BCUT2D eigenvalue weighted by Crippen LogP contribution is -2.40. The Bertz CT molecular complexity index is 643. The van der Waals surface area contributed by atoms with Crippen molar-refractivity contribution in [2.75, 3.05) is 33.4 Å². The average molecular weight is 527 g/mol. The van der Waals surface area contributed by atoms with Crippen LogP contribution in [0.15, 0.2) is 23.2 Å². The van der Waals surface area contributed by atoms with Crippen molar-refractivity contribution < 1.29 is 23.0 Å². The number of para-hydroxylation sites is 1. The zero-order chi connectivity index (χ0) is 20.4. The number of halogens is 3. The Labute approximate surface area is 188 Å². The van der Waals surface area contributed by atoms with Crippen LogP contribution in [0, 0.1) is 5.41 Å². The number of hydrogen-bond donors (Lipinski definition) is 2. The quantitative estimate of drug-likeness (QED) is 0.185. The maximum atomic E-state index is 12.8. The van der Waals surface area contributed by atoms with Gasteiger partial charge in [0.15, 0.2) is 17.5 Å². The fourth-order valence-electron chi connectivity index (χ4n) is 2.99. The molecule has 0 amide bonds. The highest BCUT2D eigenvalue weighted by Gasteiger charge is 2.41. The van der Waals surface area contributed by atoms with Crippen molar-refractivity contribution in [3.8, 4) is 11.5 Å². The Kier molecular flexibility index (Phi) is 11.6. The summed E-state index contributed by atoms with van der Waals surface area (Å²) in [6.45, 7) is 3.83. The summed E-state index contributed by atoms with van der Waals surface area (Å²) >= 11 is 0. The van der Waals surface area contributed by atoms with Crippen LogP contribution in [0.5, 0.6) is 11.5 Å². The molecule has 0 unspecified atom stereocenters. The summed E-state index contributed by atoms with van der Waals surface area (Å²) in [5.74, 6) is 0.975. The second kappa shape index (κ2) is 13.0. The number of hydrogen-bond acceptors (Lipinski definition) is 4. The summed E-state index contributed by atoms with van der Waals surface area (Å²) in [7, 11) is 1.68. The van der Waals surface area contributed by atoms with Crippen LogP contribution in [0.25, 0.3) is 0 Å². The number of ether oxygens (including phenoxy) is 3.